The molecule has 0 spiro atoms. The third-order valence-corrected chi connectivity index (χ3v) is 14.1. The summed E-state index contributed by atoms with van der Waals surface area (Å²) in [5, 5.41) is 37.3. The van der Waals surface area contributed by atoms with Gasteiger partial charge >= 0.3 is 0 Å². The fourth-order valence-corrected chi connectivity index (χ4v) is 10.1. The molecule has 6 nitrogen and oxygen atoms in total. The third-order valence-electron chi connectivity index (χ3n) is 14.1. The van der Waals surface area contributed by atoms with E-state index >= 15 is 0 Å². The Hall–Kier alpha value is -6.86. The zero-order chi connectivity index (χ0) is 47.3. The molecule has 2 amide bonds. The molecule has 0 saturated heterocycles. The molecule has 0 heterocycles. The molecule has 0 radical (unpaired) electrons. The summed E-state index contributed by atoms with van der Waals surface area (Å²) < 4.78 is 0. The van der Waals surface area contributed by atoms with Gasteiger partial charge in [-0.15, -0.1) is 0 Å². The van der Waals surface area contributed by atoms with E-state index in [1.165, 1.54) is 0 Å². The minimum atomic E-state index is -1.61. The van der Waals surface area contributed by atoms with E-state index < -0.39 is 40.3 Å². The van der Waals surface area contributed by atoms with Crippen LogP contribution in [0.15, 0.2) is 182 Å². The number of benzene rings is 8. The molecule has 0 bridgehead atoms. The van der Waals surface area contributed by atoms with Crippen LogP contribution in [0.4, 0.5) is 0 Å². The van der Waals surface area contributed by atoms with Crippen molar-refractivity contribution < 1.29 is 19.8 Å². The van der Waals surface area contributed by atoms with Crippen molar-refractivity contribution in [3.8, 4) is 0 Å². The van der Waals surface area contributed by atoms with Crippen molar-refractivity contribution in [2.45, 2.75) is 77.4 Å². The number of aliphatic hydroxyl groups is 2. The molecule has 0 aliphatic rings. The molecule has 0 saturated carbocycles. The Balaban J connectivity index is 1.15. The van der Waals surface area contributed by atoms with Crippen LogP contribution in [0.25, 0.3) is 21.5 Å². The maximum Gasteiger partial charge on any atom is 0.235 e. The maximum atomic E-state index is 14.7. The highest BCUT2D eigenvalue weighted by Gasteiger charge is 2.46. The van der Waals surface area contributed by atoms with Gasteiger partial charge in [-0.05, 0) is 119 Å². The van der Waals surface area contributed by atoms with E-state index in [-0.39, 0.29) is 25.9 Å². The van der Waals surface area contributed by atoms with Gasteiger partial charge in [0.25, 0.3) is 0 Å². The minimum Gasteiger partial charge on any atom is -0.387 e. The lowest BCUT2D eigenvalue weighted by molar-refractivity contribution is -0.143. The first-order valence-electron chi connectivity index (χ1n) is 23.4. The van der Waals surface area contributed by atoms with Gasteiger partial charge in [-0.3, -0.25) is 9.59 Å². The van der Waals surface area contributed by atoms with Crippen molar-refractivity contribution in [1.29, 1.82) is 0 Å². The van der Waals surface area contributed by atoms with Crippen LogP contribution in [0.2, 0.25) is 0 Å². The SMILES string of the molecule is Cc1ccccc1CC(O)(CNC(=O)C(C)(C)C(=O)NCC(O)(Cc1ccccc1C)C(c1ccccc1C)c1cccc2ccccc12)C(c1ccccc1C)c1cccc2ccccc12. The lowest BCUT2D eigenvalue weighted by Gasteiger charge is -2.40. The van der Waals surface area contributed by atoms with Crippen LogP contribution >= 0.6 is 0 Å². The number of fused-ring (bicyclic) bond motifs is 2. The summed E-state index contributed by atoms with van der Waals surface area (Å²) in [4.78, 5) is 29.5. The number of carbonyl (C=O) groups is 2. The Morgan fingerprint density at radius 1 is 0.418 bits per heavy atom. The molecule has 8 aromatic rings. The van der Waals surface area contributed by atoms with Crippen molar-refractivity contribution in [1.82, 2.24) is 10.6 Å². The fraction of sp³-hybridized carbons (Fsp3) is 0.246. The highest BCUT2D eigenvalue weighted by Crippen LogP contribution is 2.44. The van der Waals surface area contributed by atoms with Gasteiger partial charge in [-0.2, -0.15) is 0 Å². The van der Waals surface area contributed by atoms with Crippen molar-refractivity contribution in [2.24, 2.45) is 5.41 Å². The van der Waals surface area contributed by atoms with E-state index in [0.29, 0.717) is 0 Å². The van der Waals surface area contributed by atoms with Crippen LogP contribution < -0.4 is 10.6 Å². The standard InChI is InChI=1S/C61H62N2O4/c1-41-21-7-11-27-47(41)37-60(66,55(49-31-15-9-23-43(49)3)53-35-19-29-45-25-13-17-33-51(45)53)39-62-57(64)59(5,6)58(65)63-40-61(67,38-48-28-12-8-22-42(48)2)56(50-32-16-10-24-44(50)4)54-36-20-30-46-26-14-18-34-52(46)54/h7-36,55-56,66-67H,37-40H2,1-6H3,(H,62,64)(H,63,65). The minimum absolute atomic E-state index is 0.146. The average molecular weight is 887 g/mol. The number of hydrogen-bond acceptors (Lipinski definition) is 4. The third kappa shape index (κ3) is 9.69. The first kappa shape index (κ1) is 46.7. The van der Waals surface area contributed by atoms with Gasteiger partial charge in [0, 0.05) is 37.8 Å². The molecule has 4 N–H and O–H groups in total. The predicted molar refractivity (Wildman–Crippen MR) is 273 cm³/mol. The number of carbonyl (C=O) groups excluding carboxylic acids is 2. The van der Waals surface area contributed by atoms with Crippen LogP contribution in [-0.4, -0.2) is 46.3 Å². The van der Waals surface area contributed by atoms with E-state index in [9.17, 15) is 19.8 Å². The van der Waals surface area contributed by atoms with Gasteiger partial charge in [0.05, 0.1) is 11.2 Å². The van der Waals surface area contributed by atoms with Crippen molar-refractivity contribution in [3.63, 3.8) is 0 Å². The molecule has 4 atom stereocenters. The average Bonchev–Trinajstić information content (AvgIpc) is 3.33. The molecule has 4 unspecified atom stereocenters. The Morgan fingerprint density at radius 3 is 1.12 bits per heavy atom. The predicted octanol–water partition coefficient (Wildman–Crippen LogP) is 11.4. The zero-order valence-electron chi connectivity index (χ0n) is 39.5. The second kappa shape index (κ2) is 19.5. The Labute approximate surface area is 395 Å². The summed E-state index contributed by atoms with van der Waals surface area (Å²) in [7, 11) is 0. The molecule has 0 aliphatic heterocycles. The first-order valence-corrected chi connectivity index (χ1v) is 23.4. The van der Waals surface area contributed by atoms with Gasteiger partial charge in [0.15, 0.2) is 0 Å². The maximum absolute atomic E-state index is 14.7. The van der Waals surface area contributed by atoms with E-state index in [4.69, 9.17) is 0 Å². The highest BCUT2D eigenvalue weighted by atomic mass is 16.3. The molecule has 0 aliphatic carbocycles. The van der Waals surface area contributed by atoms with E-state index in [0.717, 1.165) is 77.2 Å². The molecule has 8 aromatic carbocycles. The molecule has 0 fully saturated rings. The van der Waals surface area contributed by atoms with Gasteiger partial charge in [-0.1, -0.05) is 182 Å². The van der Waals surface area contributed by atoms with Gasteiger partial charge in [0.2, 0.25) is 11.8 Å². The number of aryl methyl sites for hydroxylation is 4. The fourth-order valence-electron chi connectivity index (χ4n) is 10.1. The number of amides is 2. The zero-order valence-corrected chi connectivity index (χ0v) is 39.5. The summed E-state index contributed by atoms with van der Waals surface area (Å²) >= 11 is 0. The smallest absolute Gasteiger partial charge is 0.235 e. The Kier molecular flexibility index (Phi) is 13.6. The molecular formula is C61H62N2O4. The number of rotatable bonds is 16. The monoisotopic (exact) mass is 886 g/mol. The van der Waals surface area contributed by atoms with Crippen molar-refractivity contribution in [3.05, 3.63) is 238 Å². The first-order chi connectivity index (χ1) is 32.2. The Morgan fingerprint density at radius 2 is 0.731 bits per heavy atom. The lowest BCUT2D eigenvalue weighted by atomic mass is 9.71. The van der Waals surface area contributed by atoms with Gasteiger partial charge < -0.3 is 20.8 Å². The molecule has 340 valence electrons. The summed E-state index contributed by atoms with van der Waals surface area (Å²) in [5.74, 6) is -2.22. The summed E-state index contributed by atoms with van der Waals surface area (Å²) in [6.07, 6.45) is 0.463. The summed E-state index contributed by atoms with van der Waals surface area (Å²) in [6.45, 7) is 11.1. The normalized spacial score (nSPS) is 14.4. The molecular weight excluding hydrogens is 825 g/mol. The van der Waals surface area contributed by atoms with Crippen LogP contribution in [0.3, 0.4) is 0 Å². The number of hydrogen-bond donors (Lipinski definition) is 4. The quantitative estimate of drug-likeness (QED) is 0.0727. The van der Waals surface area contributed by atoms with Gasteiger partial charge in [-0.25, -0.2) is 0 Å². The van der Waals surface area contributed by atoms with E-state index in [2.05, 4.69) is 97.3 Å². The van der Waals surface area contributed by atoms with Crippen LogP contribution in [-0.2, 0) is 22.4 Å². The molecule has 67 heavy (non-hydrogen) atoms. The topological polar surface area (TPSA) is 98.7 Å². The number of nitrogens with one attached hydrogen (secondary N) is 2. The van der Waals surface area contributed by atoms with E-state index in [1.54, 1.807) is 13.8 Å². The van der Waals surface area contributed by atoms with Crippen molar-refractivity contribution in [2.75, 3.05) is 13.1 Å². The molecule has 0 aromatic heterocycles. The summed E-state index contributed by atoms with van der Waals surface area (Å²) in [6, 6.07) is 60.9. The van der Waals surface area contributed by atoms with Crippen LogP contribution in [0.5, 0.6) is 0 Å². The molecule has 6 heteroatoms. The summed E-state index contributed by atoms with van der Waals surface area (Å²) in [5.41, 5.74) is 5.05. The van der Waals surface area contributed by atoms with Gasteiger partial charge in [0.1, 0.15) is 5.41 Å². The highest BCUT2D eigenvalue weighted by molar-refractivity contribution is 6.04. The Bertz CT molecular complexity index is 2850. The second-order valence-electron chi connectivity index (χ2n) is 19.1. The second-order valence-corrected chi connectivity index (χ2v) is 19.1. The van der Waals surface area contributed by atoms with Crippen LogP contribution in [0.1, 0.15) is 81.3 Å². The lowest BCUT2D eigenvalue weighted by Crippen LogP contribution is -2.56. The van der Waals surface area contributed by atoms with Crippen molar-refractivity contribution >= 4 is 33.4 Å². The van der Waals surface area contributed by atoms with E-state index in [1.807, 2.05) is 123 Å². The molecule has 8 rings (SSSR count). The largest absolute Gasteiger partial charge is 0.387 e. The van der Waals surface area contributed by atoms with Crippen LogP contribution in [0, 0.1) is 33.1 Å².